The molecule has 28 heavy (non-hydrogen) atoms. The molecule has 5 rings (SSSR count). The van der Waals surface area contributed by atoms with Gasteiger partial charge >= 0.3 is 0 Å². The van der Waals surface area contributed by atoms with Crippen LogP contribution in [0.1, 0.15) is 54.2 Å². The van der Waals surface area contributed by atoms with Crippen LogP contribution in [0, 0.1) is 11.3 Å². The molecule has 1 atom stereocenters. The van der Waals surface area contributed by atoms with Crippen LogP contribution >= 0.6 is 11.6 Å². The summed E-state index contributed by atoms with van der Waals surface area (Å²) >= 11 is 6.16. The first-order valence-corrected chi connectivity index (χ1v) is 10.5. The molecule has 1 unspecified atom stereocenters. The summed E-state index contributed by atoms with van der Waals surface area (Å²) in [4.78, 5) is 15.3. The highest BCUT2D eigenvalue weighted by Crippen LogP contribution is 2.55. The first-order valence-electron chi connectivity index (χ1n) is 10.1. The molecule has 1 aromatic carbocycles. The Bertz CT molecular complexity index is 904. The van der Waals surface area contributed by atoms with Gasteiger partial charge in [0.15, 0.2) is 0 Å². The predicted molar refractivity (Wildman–Crippen MR) is 106 cm³/mol. The van der Waals surface area contributed by atoms with E-state index in [1.807, 2.05) is 11.2 Å². The number of carbonyl (C=O) groups is 1. The maximum Gasteiger partial charge on any atom is 0.257 e. The highest BCUT2D eigenvalue weighted by atomic mass is 35.5. The lowest BCUT2D eigenvalue weighted by atomic mass is 9.62. The number of methoxy groups -OCH3 is 1. The lowest BCUT2D eigenvalue weighted by Gasteiger charge is -2.42. The molecule has 0 bridgehead atoms. The maximum absolute atomic E-state index is 13.3. The zero-order valence-corrected chi connectivity index (χ0v) is 16.9. The van der Waals surface area contributed by atoms with Crippen LogP contribution in [0.25, 0.3) is 0 Å². The fraction of sp³-hybridized carbons (Fsp3) is 0.571. The summed E-state index contributed by atoms with van der Waals surface area (Å²) in [5.74, 6) is 2.62. The minimum Gasteiger partial charge on any atom is -0.496 e. The van der Waals surface area contributed by atoms with Crippen LogP contribution in [0.15, 0.2) is 24.5 Å². The number of ether oxygens (including phenoxy) is 1. The molecule has 2 heterocycles. The van der Waals surface area contributed by atoms with Crippen molar-refractivity contribution in [1.82, 2.24) is 19.7 Å². The van der Waals surface area contributed by atoms with Gasteiger partial charge in [0.1, 0.15) is 17.9 Å². The van der Waals surface area contributed by atoms with Gasteiger partial charge in [0.2, 0.25) is 0 Å². The summed E-state index contributed by atoms with van der Waals surface area (Å²) in [6.07, 6.45) is 7.97. The second kappa shape index (κ2) is 6.76. The third-order valence-corrected chi connectivity index (χ3v) is 7.02. The predicted octanol–water partition coefficient (Wildman–Crippen LogP) is 3.76. The van der Waals surface area contributed by atoms with E-state index in [0.717, 1.165) is 37.7 Å². The van der Waals surface area contributed by atoms with E-state index in [0.29, 0.717) is 22.9 Å². The fourth-order valence-electron chi connectivity index (χ4n) is 4.89. The molecular weight excluding hydrogens is 376 g/mol. The molecule has 1 spiro atoms. The third kappa shape index (κ3) is 2.98. The van der Waals surface area contributed by atoms with E-state index in [9.17, 15) is 4.79 Å². The van der Waals surface area contributed by atoms with E-state index in [4.69, 9.17) is 16.3 Å². The van der Waals surface area contributed by atoms with Gasteiger partial charge in [0.05, 0.1) is 12.7 Å². The Kier molecular flexibility index (Phi) is 4.34. The minimum absolute atomic E-state index is 0.0126. The molecule has 0 radical (unpaired) electrons. The largest absolute Gasteiger partial charge is 0.496 e. The van der Waals surface area contributed by atoms with Crippen LogP contribution in [0.2, 0.25) is 5.02 Å². The van der Waals surface area contributed by atoms with E-state index >= 15 is 0 Å². The molecule has 3 aliphatic rings. The summed E-state index contributed by atoms with van der Waals surface area (Å²) in [6.45, 7) is 2.45. The number of nitrogens with zero attached hydrogens (tertiary/aromatic N) is 4. The molecule has 1 saturated heterocycles. The first kappa shape index (κ1) is 18.0. The zero-order valence-electron chi connectivity index (χ0n) is 16.1. The summed E-state index contributed by atoms with van der Waals surface area (Å²) in [5, 5.41) is 9.25. The van der Waals surface area contributed by atoms with Crippen molar-refractivity contribution >= 4 is 17.5 Å². The van der Waals surface area contributed by atoms with Gasteiger partial charge in [-0.1, -0.05) is 18.0 Å². The Labute approximate surface area is 169 Å². The van der Waals surface area contributed by atoms with Crippen LogP contribution in [0.3, 0.4) is 0 Å². The molecule has 2 saturated carbocycles. The van der Waals surface area contributed by atoms with Gasteiger partial charge < -0.3 is 14.2 Å². The van der Waals surface area contributed by atoms with E-state index in [1.54, 1.807) is 25.3 Å². The standard InChI is InChI=1S/C21H25ClN4O2/c1-28-18-6-5-15(22)9-16(18)20(27)25-11-17(21(12-25)7-2-8-21)19-24-23-13-26(19)10-14-3-4-14/h5-6,9,13-14,17H,2-4,7-8,10-12H2,1H3. The molecule has 3 fully saturated rings. The smallest absolute Gasteiger partial charge is 0.257 e. The number of rotatable bonds is 5. The van der Waals surface area contributed by atoms with Crippen molar-refractivity contribution in [3.05, 3.63) is 40.9 Å². The number of aromatic nitrogens is 3. The average molecular weight is 401 g/mol. The monoisotopic (exact) mass is 400 g/mol. The van der Waals surface area contributed by atoms with Gasteiger partial charge in [-0.05, 0) is 55.2 Å². The van der Waals surface area contributed by atoms with E-state index in [2.05, 4.69) is 14.8 Å². The lowest BCUT2D eigenvalue weighted by molar-refractivity contribution is 0.0720. The van der Waals surface area contributed by atoms with Crippen LogP contribution in [0.4, 0.5) is 0 Å². The fourth-order valence-corrected chi connectivity index (χ4v) is 5.06. The van der Waals surface area contributed by atoms with Crippen molar-refractivity contribution in [2.45, 2.75) is 44.6 Å². The number of hydrogen-bond donors (Lipinski definition) is 0. The maximum atomic E-state index is 13.3. The van der Waals surface area contributed by atoms with Crippen molar-refractivity contribution in [2.75, 3.05) is 20.2 Å². The van der Waals surface area contributed by atoms with Crippen molar-refractivity contribution in [3.63, 3.8) is 0 Å². The van der Waals surface area contributed by atoms with Crippen molar-refractivity contribution in [1.29, 1.82) is 0 Å². The Morgan fingerprint density at radius 1 is 1.36 bits per heavy atom. The van der Waals surface area contributed by atoms with E-state index < -0.39 is 0 Å². The van der Waals surface area contributed by atoms with Gasteiger partial charge in [-0.25, -0.2) is 0 Å². The second-order valence-corrected chi connectivity index (χ2v) is 9.02. The first-order chi connectivity index (χ1) is 13.6. The Balaban J connectivity index is 1.44. The molecule has 148 valence electrons. The van der Waals surface area contributed by atoms with Crippen LogP contribution in [0.5, 0.6) is 5.75 Å². The van der Waals surface area contributed by atoms with Gasteiger partial charge in [-0.3, -0.25) is 4.79 Å². The van der Waals surface area contributed by atoms with E-state index in [1.165, 1.54) is 19.3 Å². The van der Waals surface area contributed by atoms with Gasteiger partial charge in [-0.2, -0.15) is 0 Å². The second-order valence-electron chi connectivity index (χ2n) is 8.58. The third-order valence-electron chi connectivity index (χ3n) is 6.79. The molecule has 1 amide bonds. The van der Waals surface area contributed by atoms with Gasteiger partial charge in [0, 0.05) is 30.6 Å². The molecule has 2 aliphatic carbocycles. The van der Waals surface area contributed by atoms with Gasteiger partial charge in [0.25, 0.3) is 5.91 Å². The van der Waals surface area contributed by atoms with Crippen molar-refractivity contribution in [3.8, 4) is 5.75 Å². The van der Waals surface area contributed by atoms with Crippen molar-refractivity contribution in [2.24, 2.45) is 11.3 Å². The quantitative estimate of drug-likeness (QED) is 0.766. The number of benzene rings is 1. The average Bonchev–Trinajstić information content (AvgIpc) is 3.20. The Morgan fingerprint density at radius 2 is 2.18 bits per heavy atom. The summed E-state index contributed by atoms with van der Waals surface area (Å²) in [7, 11) is 1.58. The number of halogens is 1. The Hall–Kier alpha value is -2.08. The molecule has 2 aromatic rings. The number of hydrogen-bond acceptors (Lipinski definition) is 4. The molecule has 1 aromatic heterocycles. The highest BCUT2D eigenvalue weighted by Gasteiger charge is 2.54. The van der Waals surface area contributed by atoms with Crippen molar-refractivity contribution < 1.29 is 9.53 Å². The highest BCUT2D eigenvalue weighted by molar-refractivity contribution is 6.31. The van der Waals surface area contributed by atoms with Crippen LogP contribution < -0.4 is 4.74 Å². The van der Waals surface area contributed by atoms with Crippen LogP contribution in [-0.2, 0) is 6.54 Å². The molecule has 1 aliphatic heterocycles. The van der Waals surface area contributed by atoms with E-state index in [-0.39, 0.29) is 17.2 Å². The summed E-state index contributed by atoms with van der Waals surface area (Å²) < 4.78 is 7.64. The van der Waals surface area contributed by atoms with Gasteiger partial charge in [-0.15, -0.1) is 10.2 Å². The number of carbonyl (C=O) groups excluding carboxylic acids is 1. The molecule has 6 nitrogen and oxygen atoms in total. The topological polar surface area (TPSA) is 60.2 Å². The summed E-state index contributed by atoms with van der Waals surface area (Å²) in [6, 6.07) is 5.21. The summed E-state index contributed by atoms with van der Waals surface area (Å²) in [5.41, 5.74) is 0.667. The normalized spacial score (nSPS) is 23.1. The van der Waals surface area contributed by atoms with Crippen LogP contribution in [-0.4, -0.2) is 45.8 Å². The Morgan fingerprint density at radius 3 is 2.86 bits per heavy atom. The number of amides is 1. The lowest BCUT2D eigenvalue weighted by Crippen LogP contribution is -2.38. The molecular formula is C21H25ClN4O2. The minimum atomic E-state index is -0.0126. The number of likely N-dealkylation sites (tertiary alicyclic amines) is 1. The zero-order chi connectivity index (χ0) is 19.3. The SMILES string of the molecule is COc1ccc(Cl)cc1C(=O)N1CC(c2nncn2CC2CC2)C2(CCC2)C1. The molecule has 7 heteroatoms. The molecule has 0 N–H and O–H groups in total.